The Morgan fingerprint density at radius 3 is 2.43 bits per heavy atom. The number of nitrogens with zero attached hydrogens (tertiary/aromatic N) is 4. The molecule has 150 valence electrons. The number of carbonyl (C=O) groups excluding carboxylic acids is 2. The van der Waals surface area contributed by atoms with Crippen molar-refractivity contribution in [2.75, 3.05) is 26.7 Å². The first-order valence-corrected chi connectivity index (χ1v) is 9.27. The Hall–Kier alpha value is -2.45. The van der Waals surface area contributed by atoms with Gasteiger partial charge in [0.1, 0.15) is 11.6 Å². The van der Waals surface area contributed by atoms with E-state index in [2.05, 4.69) is 24.8 Å². The number of fused-ring (bicyclic) bond motifs is 1. The fourth-order valence-electron chi connectivity index (χ4n) is 3.81. The smallest absolute Gasteiger partial charge is 0.337 e. The van der Waals surface area contributed by atoms with E-state index < -0.39 is 5.97 Å². The van der Waals surface area contributed by atoms with Crippen LogP contribution in [0.2, 0.25) is 0 Å². The number of benzene rings is 1. The summed E-state index contributed by atoms with van der Waals surface area (Å²) in [4.78, 5) is 26.1. The van der Waals surface area contributed by atoms with Crippen molar-refractivity contribution in [3.8, 4) is 0 Å². The van der Waals surface area contributed by atoms with Gasteiger partial charge in [-0.1, -0.05) is 0 Å². The average Bonchev–Trinajstić information content (AvgIpc) is 3.17. The molecule has 9 heteroatoms. The zero-order valence-electron chi connectivity index (χ0n) is 15.8. The van der Waals surface area contributed by atoms with Crippen LogP contribution in [0, 0.1) is 0 Å². The molecule has 28 heavy (non-hydrogen) atoms. The van der Waals surface area contributed by atoms with Crippen LogP contribution in [-0.4, -0.2) is 58.3 Å². The van der Waals surface area contributed by atoms with Crippen molar-refractivity contribution in [3.05, 3.63) is 47.0 Å². The Balaban J connectivity index is 0.00000225. The van der Waals surface area contributed by atoms with Crippen LogP contribution in [0.25, 0.3) is 0 Å². The van der Waals surface area contributed by atoms with Crippen LogP contribution in [-0.2, 0) is 17.8 Å². The summed E-state index contributed by atoms with van der Waals surface area (Å²) in [6, 6.07) is 6.62. The number of halogens is 1. The van der Waals surface area contributed by atoms with Crippen molar-refractivity contribution >= 4 is 24.3 Å². The summed E-state index contributed by atoms with van der Waals surface area (Å²) in [5, 5.41) is 12.0. The lowest BCUT2D eigenvalue weighted by atomic mass is 9.95. The monoisotopic (exact) mass is 405 g/mol. The third-order valence-electron chi connectivity index (χ3n) is 5.35. The molecule has 2 aliphatic heterocycles. The van der Waals surface area contributed by atoms with Crippen LogP contribution >= 0.6 is 12.4 Å². The summed E-state index contributed by atoms with van der Waals surface area (Å²) in [5.74, 6) is 2.00. The third-order valence-corrected chi connectivity index (χ3v) is 5.35. The molecule has 1 N–H and O–H groups in total. The molecular weight excluding hydrogens is 382 g/mol. The number of rotatable bonds is 3. The fourth-order valence-corrected chi connectivity index (χ4v) is 3.81. The van der Waals surface area contributed by atoms with Crippen molar-refractivity contribution in [1.82, 2.24) is 25.0 Å². The molecule has 2 aromatic rings. The van der Waals surface area contributed by atoms with E-state index in [1.54, 1.807) is 24.3 Å². The zero-order valence-corrected chi connectivity index (χ0v) is 16.6. The largest absolute Gasteiger partial charge is 0.465 e. The predicted octanol–water partition coefficient (Wildman–Crippen LogP) is 1.61. The van der Waals surface area contributed by atoms with Gasteiger partial charge in [-0.05, 0) is 37.1 Å². The van der Waals surface area contributed by atoms with Crippen molar-refractivity contribution in [3.63, 3.8) is 0 Å². The fraction of sp³-hybridized carbons (Fsp3) is 0.474. The summed E-state index contributed by atoms with van der Waals surface area (Å²) in [7, 11) is 1.34. The highest BCUT2D eigenvalue weighted by Gasteiger charge is 2.29. The Bertz CT molecular complexity index is 844. The van der Waals surface area contributed by atoms with Gasteiger partial charge in [0.2, 0.25) is 0 Å². The molecule has 1 aromatic heterocycles. The predicted molar refractivity (Wildman–Crippen MR) is 105 cm³/mol. The van der Waals surface area contributed by atoms with Crippen molar-refractivity contribution in [2.45, 2.75) is 31.8 Å². The number of amides is 1. The minimum absolute atomic E-state index is 0. The normalized spacial score (nSPS) is 16.8. The van der Waals surface area contributed by atoms with Gasteiger partial charge in [-0.25, -0.2) is 4.79 Å². The number of likely N-dealkylation sites (tertiary alicyclic amines) is 1. The van der Waals surface area contributed by atoms with Crippen LogP contribution in [0.1, 0.15) is 51.1 Å². The summed E-state index contributed by atoms with van der Waals surface area (Å²) in [5.41, 5.74) is 1.03. The van der Waals surface area contributed by atoms with E-state index in [1.807, 2.05) is 4.90 Å². The first kappa shape index (κ1) is 20.3. The molecule has 0 radical (unpaired) electrons. The summed E-state index contributed by atoms with van der Waals surface area (Å²) < 4.78 is 6.91. The third kappa shape index (κ3) is 3.88. The van der Waals surface area contributed by atoms with E-state index in [-0.39, 0.29) is 18.3 Å². The molecule has 1 fully saturated rings. The molecule has 1 saturated heterocycles. The first-order chi connectivity index (χ1) is 13.2. The van der Waals surface area contributed by atoms with Gasteiger partial charge in [-0.3, -0.25) is 4.79 Å². The average molecular weight is 406 g/mol. The lowest BCUT2D eigenvalue weighted by Crippen LogP contribution is -2.39. The molecule has 1 amide bonds. The molecule has 0 spiro atoms. The lowest BCUT2D eigenvalue weighted by Gasteiger charge is -2.32. The molecule has 0 unspecified atom stereocenters. The summed E-state index contributed by atoms with van der Waals surface area (Å²) in [6.07, 6.45) is 1.77. The minimum Gasteiger partial charge on any atom is -0.465 e. The van der Waals surface area contributed by atoms with Crippen LogP contribution in [0.4, 0.5) is 0 Å². The van der Waals surface area contributed by atoms with E-state index >= 15 is 0 Å². The van der Waals surface area contributed by atoms with Crippen molar-refractivity contribution in [1.29, 1.82) is 0 Å². The number of piperidine rings is 1. The molecule has 0 bridgehead atoms. The minimum atomic E-state index is -0.401. The second-order valence-electron chi connectivity index (χ2n) is 6.94. The van der Waals surface area contributed by atoms with Gasteiger partial charge in [0.25, 0.3) is 5.91 Å². The maximum Gasteiger partial charge on any atom is 0.337 e. The molecule has 0 atom stereocenters. The molecule has 2 aliphatic rings. The maximum atomic E-state index is 12.7. The number of carbonyl (C=O) groups is 2. The molecule has 1 aromatic carbocycles. The van der Waals surface area contributed by atoms with Gasteiger partial charge in [0, 0.05) is 37.7 Å². The Kier molecular flexibility index (Phi) is 6.31. The summed E-state index contributed by atoms with van der Waals surface area (Å²) >= 11 is 0. The van der Waals surface area contributed by atoms with E-state index in [4.69, 9.17) is 0 Å². The van der Waals surface area contributed by atoms with Gasteiger partial charge < -0.3 is 19.5 Å². The van der Waals surface area contributed by atoms with Crippen LogP contribution in [0.15, 0.2) is 24.3 Å². The van der Waals surface area contributed by atoms with Crippen LogP contribution < -0.4 is 5.32 Å². The highest BCUT2D eigenvalue weighted by molar-refractivity contribution is 5.96. The van der Waals surface area contributed by atoms with Crippen LogP contribution in [0.3, 0.4) is 0 Å². The second kappa shape index (κ2) is 8.70. The van der Waals surface area contributed by atoms with Crippen LogP contribution in [0.5, 0.6) is 0 Å². The van der Waals surface area contributed by atoms with Gasteiger partial charge in [-0.2, -0.15) is 0 Å². The van der Waals surface area contributed by atoms with Gasteiger partial charge in [0.05, 0.1) is 19.2 Å². The van der Waals surface area contributed by atoms with Gasteiger partial charge in [-0.15, -0.1) is 22.6 Å². The number of hydrogen-bond donors (Lipinski definition) is 1. The molecule has 8 nitrogen and oxygen atoms in total. The van der Waals surface area contributed by atoms with E-state index in [0.717, 1.165) is 44.1 Å². The van der Waals surface area contributed by atoms with E-state index in [0.29, 0.717) is 30.1 Å². The number of esters is 1. The number of ether oxygens (including phenoxy) is 1. The molecular formula is C19H24ClN5O3. The molecule has 4 rings (SSSR count). The number of aromatic nitrogens is 3. The quantitative estimate of drug-likeness (QED) is 0.780. The number of methoxy groups -OCH3 is 1. The number of hydrogen-bond acceptors (Lipinski definition) is 6. The molecule has 0 aliphatic carbocycles. The van der Waals surface area contributed by atoms with Crippen molar-refractivity contribution < 1.29 is 14.3 Å². The topological polar surface area (TPSA) is 89.4 Å². The van der Waals surface area contributed by atoms with Gasteiger partial charge in [0.15, 0.2) is 0 Å². The van der Waals surface area contributed by atoms with E-state index in [1.165, 1.54) is 7.11 Å². The summed E-state index contributed by atoms with van der Waals surface area (Å²) in [6.45, 7) is 4.01. The highest BCUT2D eigenvalue weighted by Crippen LogP contribution is 2.28. The standard InChI is InChI=1S/C19H23N5O3.ClH/c1-27-19(26)15-4-2-14(3-5-15)18(25)23-9-6-13(7-10-23)17-22-21-16-12-20-8-11-24(16)17;/h2-5,13,20H,6-12H2,1H3;1H. The van der Waals surface area contributed by atoms with Gasteiger partial charge >= 0.3 is 5.97 Å². The number of nitrogens with one attached hydrogen (secondary N) is 1. The Labute approximate surface area is 169 Å². The SMILES string of the molecule is COC(=O)c1ccc(C(=O)N2CCC(c3nnc4n3CCNC4)CC2)cc1.Cl. The molecule has 0 saturated carbocycles. The Morgan fingerprint density at radius 1 is 1.07 bits per heavy atom. The van der Waals surface area contributed by atoms with E-state index in [9.17, 15) is 9.59 Å². The maximum absolute atomic E-state index is 12.7. The zero-order chi connectivity index (χ0) is 18.8. The lowest BCUT2D eigenvalue weighted by molar-refractivity contribution is 0.0599. The van der Waals surface area contributed by atoms with Crippen molar-refractivity contribution in [2.24, 2.45) is 0 Å². The molecule has 3 heterocycles. The Morgan fingerprint density at radius 2 is 1.75 bits per heavy atom. The highest BCUT2D eigenvalue weighted by atomic mass is 35.5. The first-order valence-electron chi connectivity index (χ1n) is 9.27. The second-order valence-corrected chi connectivity index (χ2v) is 6.94.